The van der Waals surface area contributed by atoms with E-state index >= 15 is 0 Å². The fraction of sp³-hybridized carbons (Fsp3) is 0.333. The third-order valence-corrected chi connectivity index (χ3v) is 4.93. The van der Waals surface area contributed by atoms with Crippen molar-refractivity contribution in [3.63, 3.8) is 0 Å². The molecule has 1 aliphatic rings. The summed E-state index contributed by atoms with van der Waals surface area (Å²) in [5.41, 5.74) is 1.58. The van der Waals surface area contributed by atoms with Crippen LogP contribution in [0.15, 0.2) is 42.5 Å². The van der Waals surface area contributed by atoms with Gasteiger partial charge in [0.25, 0.3) is 0 Å². The Balaban J connectivity index is 1.55. The largest absolute Gasteiger partial charge is 0.508 e. The van der Waals surface area contributed by atoms with Gasteiger partial charge in [0.05, 0.1) is 5.69 Å². The first kappa shape index (κ1) is 18.9. The van der Waals surface area contributed by atoms with E-state index in [-0.39, 0.29) is 17.4 Å². The number of phenols is 1. The summed E-state index contributed by atoms with van der Waals surface area (Å²) in [7, 11) is 0. The zero-order chi connectivity index (χ0) is 19.4. The number of halogens is 1. The first-order valence-corrected chi connectivity index (χ1v) is 9.06. The molecule has 2 aromatic rings. The van der Waals surface area contributed by atoms with E-state index < -0.39 is 5.82 Å². The number of amides is 1. The van der Waals surface area contributed by atoms with Crippen LogP contribution in [0, 0.1) is 5.82 Å². The number of piperazine rings is 1. The molecule has 5 nitrogen and oxygen atoms in total. The SMILES string of the molecule is CC(=O)c1ccc(N2CCN(C(=O)CCc3ccccc3O)CC2)c(F)c1. The second-order valence-corrected chi connectivity index (χ2v) is 6.72. The quantitative estimate of drug-likeness (QED) is 0.822. The maximum Gasteiger partial charge on any atom is 0.223 e. The van der Waals surface area contributed by atoms with E-state index in [1.165, 1.54) is 13.0 Å². The molecular formula is C21H23FN2O3. The highest BCUT2D eigenvalue weighted by atomic mass is 19.1. The van der Waals surface area contributed by atoms with Crippen LogP contribution in [0.1, 0.15) is 29.3 Å². The predicted molar refractivity (Wildman–Crippen MR) is 102 cm³/mol. The minimum absolute atomic E-state index is 0.0327. The number of benzene rings is 2. The average molecular weight is 370 g/mol. The zero-order valence-corrected chi connectivity index (χ0v) is 15.3. The molecule has 0 spiro atoms. The Morgan fingerprint density at radius 2 is 1.78 bits per heavy atom. The van der Waals surface area contributed by atoms with E-state index in [0.29, 0.717) is 50.3 Å². The van der Waals surface area contributed by atoms with E-state index in [1.54, 1.807) is 29.2 Å². The molecule has 0 unspecified atom stereocenters. The third-order valence-electron chi connectivity index (χ3n) is 4.93. The second-order valence-electron chi connectivity index (χ2n) is 6.72. The molecule has 0 aliphatic carbocycles. The highest BCUT2D eigenvalue weighted by Crippen LogP contribution is 2.23. The Morgan fingerprint density at radius 1 is 1.07 bits per heavy atom. The fourth-order valence-corrected chi connectivity index (χ4v) is 3.30. The van der Waals surface area contributed by atoms with Crippen LogP contribution in [0.2, 0.25) is 0 Å². The molecule has 0 saturated carbocycles. The zero-order valence-electron chi connectivity index (χ0n) is 15.3. The van der Waals surface area contributed by atoms with Gasteiger partial charge in [-0.3, -0.25) is 9.59 Å². The summed E-state index contributed by atoms with van der Waals surface area (Å²) in [5.74, 6) is -0.341. The normalized spacial score (nSPS) is 14.3. The van der Waals surface area contributed by atoms with Gasteiger partial charge in [-0.1, -0.05) is 18.2 Å². The molecule has 6 heteroatoms. The van der Waals surface area contributed by atoms with Crippen LogP contribution in [0.25, 0.3) is 0 Å². The number of carbonyl (C=O) groups excluding carboxylic acids is 2. The van der Waals surface area contributed by atoms with Crippen LogP contribution in [-0.4, -0.2) is 47.9 Å². The predicted octanol–water partition coefficient (Wildman–Crippen LogP) is 3.02. The Hall–Kier alpha value is -2.89. The molecular weight excluding hydrogens is 347 g/mol. The van der Waals surface area contributed by atoms with Gasteiger partial charge in [0.15, 0.2) is 5.78 Å². The van der Waals surface area contributed by atoms with Crippen molar-refractivity contribution in [2.24, 2.45) is 0 Å². The van der Waals surface area contributed by atoms with Gasteiger partial charge >= 0.3 is 0 Å². The molecule has 1 amide bonds. The Kier molecular flexibility index (Phi) is 5.74. The molecule has 1 saturated heterocycles. The minimum atomic E-state index is -0.415. The Bertz CT molecular complexity index is 845. The topological polar surface area (TPSA) is 60.9 Å². The van der Waals surface area contributed by atoms with Crippen LogP contribution in [0.3, 0.4) is 0 Å². The van der Waals surface area contributed by atoms with E-state index in [1.807, 2.05) is 17.0 Å². The lowest BCUT2D eigenvalue weighted by Gasteiger charge is -2.36. The summed E-state index contributed by atoms with van der Waals surface area (Å²) in [6.45, 7) is 3.53. The molecule has 142 valence electrons. The number of Topliss-reactive ketones (excluding diaryl/α,β-unsaturated/α-hetero) is 1. The maximum absolute atomic E-state index is 14.3. The lowest BCUT2D eigenvalue weighted by molar-refractivity contribution is -0.131. The maximum atomic E-state index is 14.3. The molecule has 1 N–H and O–H groups in total. The lowest BCUT2D eigenvalue weighted by atomic mass is 10.1. The fourth-order valence-electron chi connectivity index (χ4n) is 3.30. The molecule has 1 heterocycles. The van der Waals surface area contributed by atoms with E-state index in [9.17, 15) is 19.1 Å². The first-order chi connectivity index (χ1) is 13.0. The van der Waals surface area contributed by atoms with Gasteiger partial charge in [0.1, 0.15) is 11.6 Å². The first-order valence-electron chi connectivity index (χ1n) is 9.06. The number of ketones is 1. The van der Waals surface area contributed by atoms with Gasteiger partial charge in [-0.25, -0.2) is 4.39 Å². The summed E-state index contributed by atoms with van der Waals surface area (Å²) in [4.78, 5) is 27.4. The van der Waals surface area contributed by atoms with Crippen LogP contribution < -0.4 is 4.90 Å². The van der Waals surface area contributed by atoms with Gasteiger partial charge in [-0.2, -0.15) is 0 Å². The molecule has 0 bridgehead atoms. The summed E-state index contributed by atoms with van der Waals surface area (Å²) < 4.78 is 14.3. The van der Waals surface area contributed by atoms with Crippen molar-refractivity contribution in [1.29, 1.82) is 0 Å². The van der Waals surface area contributed by atoms with E-state index in [0.717, 1.165) is 5.56 Å². The molecule has 27 heavy (non-hydrogen) atoms. The molecule has 3 rings (SSSR count). The van der Waals surface area contributed by atoms with E-state index in [2.05, 4.69) is 0 Å². The number of nitrogens with zero attached hydrogens (tertiary/aromatic N) is 2. The van der Waals surface area contributed by atoms with Gasteiger partial charge < -0.3 is 14.9 Å². The van der Waals surface area contributed by atoms with Crippen molar-refractivity contribution in [3.8, 4) is 5.75 Å². The van der Waals surface area contributed by atoms with Crippen molar-refractivity contribution in [1.82, 2.24) is 4.90 Å². The third kappa shape index (κ3) is 4.45. The second kappa shape index (κ2) is 8.20. The summed E-state index contributed by atoms with van der Waals surface area (Å²) in [6.07, 6.45) is 0.825. The highest BCUT2D eigenvalue weighted by molar-refractivity contribution is 5.94. The van der Waals surface area contributed by atoms with Crippen molar-refractivity contribution in [3.05, 3.63) is 59.4 Å². The molecule has 1 aliphatic heterocycles. The summed E-state index contributed by atoms with van der Waals surface area (Å²) in [6, 6.07) is 11.5. The van der Waals surface area contributed by atoms with Crippen LogP contribution in [0.4, 0.5) is 10.1 Å². The molecule has 1 fully saturated rings. The highest BCUT2D eigenvalue weighted by Gasteiger charge is 2.23. The Labute approximate surface area is 158 Å². The molecule has 0 radical (unpaired) electrons. The minimum Gasteiger partial charge on any atom is -0.508 e. The summed E-state index contributed by atoms with van der Waals surface area (Å²) in [5, 5.41) is 9.79. The van der Waals surface area contributed by atoms with E-state index in [4.69, 9.17) is 0 Å². The van der Waals surface area contributed by atoms with Crippen LogP contribution in [0.5, 0.6) is 5.75 Å². The van der Waals surface area contributed by atoms with Gasteiger partial charge in [0, 0.05) is 38.2 Å². The number of anilines is 1. The number of phenolic OH excluding ortho intramolecular Hbond substituents is 1. The van der Waals surface area contributed by atoms with Crippen LogP contribution >= 0.6 is 0 Å². The van der Waals surface area contributed by atoms with Crippen molar-refractivity contribution in [2.45, 2.75) is 19.8 Å². The molecule has 0 atom stereocenters. The smallest absolute Gasteiger partial charge is 0.223 e. The van der Waals surface area contributed by atoms with Crippen molar-refractivity contribution in [2.75, 3.05) is 31.1 Å². The van der Waals surface area contributed by atoms with Gasteiger partial charge in [-0.05, 0) is 43.2 Å². The number of rotatable bonds is 5. The standard InChI is InChI=1S/C21H23FN2O3/c1-15(25)17-6-8-19(18(22)14-17)23-10-12-24(13-11-23)21(27)9-7-16-4-2-3-5-20(16)26/h2-6,8,14,26H,7,9-13H2,1H3. The van der Waals surface area contributed by atoms with Gasteiger partial charge in [0.2, 0.25) is 5.91 Å². The molecule has 2 aromatic carbocycles. The van der Waals surface area contributed by atoms with Crippen molar-refractivity contribution >= 4 is 17.4 Å². The van der Waals surface area contributed by atoms with Crippen molar-refractivity contribution < 1.29 is 19.1 Å². The summed E-state index contributed by atoms with van der Waals surface area (Å²) >= 11 is 0. The number of aryl methyl sites for hydroxylation is 1. The molecule has 0 aromatic heterocycles. The van der Waals surface area contributed by atoms with Gasteiger partial charge in [-0.15, -0.1) is 0 Å². The Morgan fingerprint density at radius 3 is 2.41 bits per heavy atom. The number of para-hydroxylation sites is 1. The van der Waals surface area contributed by atoms with Crippen LogP contribution in [-0.2, 0) is 11.2 Å². The number of hydrogen-bond acceptors (Lipinski definition) is 4. The lowest BCUT2D eigenvalue weighted by Crippen LogP contribution is -2.49. The number of hydrogen-bond donors (Lipinski definition) is 1. The monoisotopic (exact) mass is 370 g/mol. The average Bonchev–Trinajstić information content (AvgIpc) is 2.67. The number of aromatic hydroxyl groups is 1. The number of carbonyl (C=O) groups is 2.